The van der Waals surface area contributed by atoms with Crippen LogP contribution in [0.2, 0.25) is 0 Å². The number of rotatable bonds is 5. The summed E-state index contributed by atoms with van der Waals surface area (Å²) in [6.45, 7) is 4.52. The number of nitrogens with zero attached hydrogens (tertiary/aromatic N) is 2. The van der Waals surface area contributed by atoms with Gasteiger partial charge in [0.2, 0.25) is 0 Å². The van der Waals surface area contributed by atoms with E-state index in [1.807, 2.05) is 6.07 Å². The third kappa shape index (κ3) is 4.80. The molecular formula is C11H18N4O2. The molecule has 0 saturated heterocycles. The van der Waals surface area contributed by atoms with Gasteiger partial charge in [-0.1, -0.05) is 5.16 Å². The van der Waals surface area contributed by atoms with Crippen molar-refractivity contribution in [3.63, 3.8) is 0 Å². The van der Waals surface area contributed by atoms with E-state index in [-0.39, 0.29) is 5.84 Å². The average Bonchev–Trinajstić information content (AvgIpc) is 2.27. The van der Waals surface area contributed by atoms with Gasteiger partial charge in [-0.15, -0.1) is 0 Å². The number of aromatic nitrogens is 1. The van der Waals surface area contributed by atoms with E-state index >= 15 is 0 Å². The molecule has 0 unspecified atom stereocenters. The second kappa shape index (κ2) is 5.60. The topological polar surface area (TPSA) is 104 Å². The maximum atomic E-state index is 9.53. The Morgan fingerprint density at radius 3 is 2.88 bits per heavy atom. The highest BCUT2D eigenvalue weighted by Crippen LogP contribution is 2.03. The van der Waals surface area contributed by atoms with Crippen LogP contribution in [0.3, 0.4) is 0 Å². The van der Waals surface area contributed by atoms with Gasteiger partial charge in [0.15, 0.2) is 5.84 Å². The second-order valence-electron chi connectivity index (χ2n) is 4.45. The van der Waals surface area contributed by atoms with E-state index in [1.54, 1.807) is 26.1 Å². The van der Waals surface area contributed by atoms with E-state index in [4.69, 9.17) is 10.9 Å². The zero-order chi connectivity index (χ0) is 12.9. The molecule has 6 nitrogen and oxygen atoms in total. The first-order chi connectivity index (χ1) is 7.92. The third-order valence-electron chi connectivity index (χ3n) is 2.08. The lowest BCUT2D eigenvalue weighted by Gasteiger charge is -2.17. The lowest BCUT2D eigenvalue weighted by Crippen LogP contribution is -2.34. The van der Waals surface area contributed by atoms with E-state index in [2.05, 4.69) is 15.5 Å². The van der Waals surface area contributed by atoms with Gasteiger partial charge in [0.05, 0.1) is 5.60 Å². The Kier molecular flexibility index (Phi) is 4.42. The van der Waals surface area contributed by atoms with Crippen LogP contribution in [0.4, 0.5) is 0 Å². The highest BCUT2D eigenvalue weighted by molar-refractivity contribution is 5.95. The van der Waals surface area contributed by atoms with Crippen molar-refractivity contribution in [3.05, 3.63) is 29.6 Å². The average molecular weight is 238 g/mol. The van der Waals surface area contributed by atoms with Crippen molar-refractivity contribution < 1.29 is 10.3 Å². The highest BCUT2D eigenvalue weighted by Gasteiger charge is 2.11. The van der Waals surface area contributed by atoms with E-state index in [1.165, 1.54) is 0 Å². The van der Waals surface area contributed by atoms with Gasteiger partial charge >= 0.3 is 0 Å². The molecule has 0 spiro atoms. The standard InChI is InChI=1S/C11H18N4O2/c1-11(2,16)7-13-6-8-3-4-14-9(5-8)10(12)15-17/h3-5,13,16-17H,6-7H2,1-2H3,(H2,12,15). The fourth-order valence-electron chi connectivity index (χ4n) is 1.29. The fourth-order valence-corrected chi connectivity index (χ4v) is 1.29. The first kappa shape index (κ1) is 13.4. The second-order valence-corrected chi connectivity index (χ2v) is 4.45. The van der Waals surface area contributed by atoms with Crippen LogP contribution in [-0.2, 0) is 6.54 Å². The van der Waals surface area contributed by atoms with E-state index < -0.39 is 5.60 Å². The van der Waals surface area contributed by atoms with Gasteiger partial charge in [-0.25, -0.2) is 0 Å². The summed E-state index contributed by atoms with van der Waals surface area (Å²) in [7, 11) is 0. The first-order valence-corrected chi connectivity index (χ1v) is 5.28. The van der Waals surface area contributed by atoms with Crippen LogP contribution in [0.1, 0.15) is 25.1 Å². The normalized spacial score (nSPS) is 12.8. The molecule has 0 aromatic carbocycles. The van der Waals surface area contributed by atoms with Crippen molar-refractivity contribution in [1.82, 2.24) is 10.3 Å². The number of nitrogens with two attached hydrogens (primary N) is 1. The largest absolute Gasteiger partial charge is 0.409 e. The lowest BCUT2D eigenvalue weighted by atomic mass is 10.1. The number of aliphatic hydroxyl groups is 1. The molecule has 0 fully saturated rings. The van der Waals surface area contributed by atoms with Crippen LogP contribution in [0.5, 0.6) is 0 Å². The van der Waals surface area contributed by atoms with Gasteiger partial charge in [-0.05, 0) is 31.5 Å². The lowest BCUT2D eigenvalue weighted by molar-refractivity contribution is 0.0795. The number of hydrogen-bond acceptors (Lipinski definition) is 5. The molecule has 1 aromatic rings. The predicted molar refractivity (Wildman–Crippen MR) is 64.8 cm³/mol. The minimum atomic E-state index is -0.749. The van der Waals surface area contributed by atoms with Crippen molar-refractivity contribution in [2.75, 3.05) is 6.54 Å². The van der Waals surface area contributed by atoms with Crippen molar-refractivity contribution in [1.29, 1.82) is 0 Å². The quantitative estimate of drug-likeness (QED) is 0.251. The highest BCUT2D eigenvalue weighted by atomic mass is 16.4. The Labute approximate surface area is 100 Å². The maximum Gasteiger partial charge on any atom is 0.188 e. The molecule has 1 rings (SSSR count). The van der Waals surface area contributed by atoms with E-state index in [0.717, 1.165) is 5.56 Å². The molecule has 0 aliphatic rings. The molecule has 1 aromatic heterocycles. The zero-order valence-electron chi connectivity index (χ0n) is 10.0. The number of pyridine rings is 1. The van der Waals surface area contributed by atoms with Gasteiger partial charge in [-0.2, -0.15) is 0 Å². The van der Waals surface area contributed by atoms with Crippen LogP contribution in [-0.4, -0.2) is 33.3 Å². The molecule has 1 heterocycles. The van der Waals surface area contributed by atoms with E-state index in [9.17, 15) is 5.11 Å². The SMILES string of the molecule is CC(C)(O)CNCc1ccnc(C(N)=NO)c1. The predicted octanol–water partition coefficient (Wildman–Crippen LogP) is 0.0366. The Morgan fingerprint density at radius 1 is 1.59 bits per heavy atom. The first-order valence-electron chi connectivity index (χ1n) is 5.28. The Hall–Kier alpha value is -1.66. The molecule has 0 saturated carbocycles. The Balaban J connectivity index is 2.61. The summed E-state index contributed by atoms with van der Waals surface area (Å²) < 4.78 is 0. The van der Waals surface area contributed by atoms with Crippen molar-refractivity contribution in [2.45, 2.75) is 26.0 Å². The van der Waals surface area contributed by atoms with E-state index in [0.29, 0.717) is 18.8 Å². The van der Waals surface area contributed by atoms with Crippen LogP contribution in [0.25, 0.3) is 0 Å². The molecule has 0 aliphatic carbocycles. The summed E-state index contributed by atoms with van der Waals surface area (Å²) in [4.78, 5) is 3.97. The molecule has 0 bridgehead atoms. The summed E-state index contributed by atoms with van der Waals surface area (Å²) in [5.41, 5.74) is 6.07. The number of oxime groups is 1. The molecule has 5 N–H and O–H groups in total. The fraction of sp³-hybridized carbons (Fsp3) is 0.455. The van der Waals surface area contributed by atoms with Gasteiger partial charge in [-0.3, -0.25) is 4.98 Å². The van der Waals surface area contributed by atoms with Crippen LogP contribution < -0.4 is 11.1 Å². The number of amidine groups is 1. The molecule has 6 heteroatoms. The van der Waals surface area contributed by atoms with Gasteiger partial charge in [0.1, 0.15) is 5.69 Å². The molecular weight excluding hydrogens is 220 g/mol. The summed E-state index contributed by atoms with van der Waals surface area (Å²) >= 11 is 0. The summed E-state index contributed by atoms with van der Waals surface area (Å²) in [5.74, 6) is -0.0191. The minimum Gasteiger partial charge on any atom is -0.409 e. The third-order valence-corrected chi connectivity index (χ3v) is 2.08. The number of nitrogens with one attached hydrogen (secondary N) is 1. The molecule has 0 atom stereocenters. The summed E-state index contributed by atoms with van der Waals surface area (Å²) in [5, 5.41) is 24.1. The maximum absolute atomic E-state index is 9.53. The summed E-state index contributed by atoms with van der Waals surface area (Å²) in [6.07, 6.45) is 1.59. The van der Waals surface area contributed by atoms with Crippen LogP contribution in [0.15, 0.2) is 23.5 Å². The van der Waals surface area contributed by atoms with Crippen LogP contribution in [0, 0.1) is 0 Å². The molecule has 0 radical (unpaired) electrons. The van der Waals surface area contributed by atoms with Crippen molar-refractivity contribution >= 4 is 5.84 Å². The molecule has 0 aliphatic heterocycles. The zero-order valence-corrected chi connectivity index (χ0v) is 10.0. The Bertz CT molecular complexity index is 399. The molecule has 94 valence electrons. The van der Waals surface area contributed by atoms with Gasteiger partial charge in [0, 0.05) is 19.3 Å². The number of hydrogen-bond donors (Lipinski definition) is 4. The summed E-state index contributed by atoms with van der Waals surface area (Å²) in [6, 6.07) is 3.55. The molecule has 17 heavy (non-hydrogen) atoms. The smallest absolute Gasteiger partial charge is 0.188 e. The molecule has 0 amide bonds. The van der Waals surface area contributed by atoms with Crippen molar-refractivity contribution in [3.8, 4) is 0 Å². The van der Waals surface area contributed by atoms with Gasteiger partial charge in [0.25, 0.3) is 0 Å². The van der Waals surface area contributed by atoms with Gasteiger partial charge < -0.3 is 21.4 Å². The van der Waals surface area contributed by atoms with Crippen LogP contribution >= 0.6 is 0 Å². The monoisotopic (exact) mass is 238 g/mol. The van der Waals surface area contributed by atoms with Crippen molar-refractivity contribution in [2.24, 2.45) is 10.9 Å². The minimum absolute atomic E-state index is 0.0191. The Morgan fingerprint density at radius 2 is 2.29 bits per heavy atom.